The first-order valence-electron chi connectivity index (χ1n) is 10.6. The van der Waals surface area contributed by atoms with Gasteiger partial charge in [0.15, 0.2) is 5.69 Å². The van der Waals surface area contributed by atoms with Crippen molar-refractivity contribution in [1.82, 2.24) is 19.9 Å². The van der Waals surface area contributed by atoms with Gasteiger partial charge in [-0.1, -0.05) is 13.3 Å². The summed E-state index contributed by atoms with van der Waals surface area (Å²) in [7, 11) is 0. The number of aromatic nitrogens is 3. The number of pyridine rings is 1. The molecule has 10 nitrogen and oxygen atoms in total. The zero-order valence-electron chi connectivity index (χ0n) is 18.4. The molecule has 1 fully saturated rings. The lowest BCUT2D eigenvalue weighted by Gasteiger charge is -2.32. The van der Waals surface area contributed by atoms with Crippen LogP contribution in [0.25, 0.3) is 0 Å². The lowest BCUT2D eigenvalue weighted by atomic mass is 10.2. The molecule has 0 spiro atoms. The highest BCUT2D eigenvalue weighted by Crippen LogP contribution is 2.35. The molecule has 2 N–H and O–H groups in total. The Morgan fingerprint density at radius 3 is 2.76 bits per heavy atom. The maximum Gasteiger partial charge on any atom is 0.419 e. The van der Waals surface area contributed by atoms with Gasteiger partial charge in [0.05, 0.1) is 49.5 Å². The fourth-order valence-corrected chi connectivity index (χ4v) is 3.10. The molecule has 1 saturated heterocycles. The predicted molar refractivity (Wildman–Crippen MR) is 115 cm³/mol. The summed E-state index contributed by atoms with van der Waals surface area (Å²) in [6, 6.07) is 3.02. The Morgan fingerprint density at radius 1 is 1.29 bits per heavy atom. The summed E-state index contributed by atoms with van der Waals surface area (Å²) in [5, 5.41) is 14.3. The number of amides is 1. The minimum absolute atomic E-state index is 0.0297. The Balaban J connectivity index is 1.67. The first-order valence-corrected chi connectivity index (χ1v) is 10.6. The molecule has 1 aliphatic rings. The summed E-state index contributed by atoms with van der Waals surface area (Å²) >= 11 is 0. The van der Waals surface area contributed by atoms with Crippen LogP contribution in [-0.4, -0.2) is 64.9 Å². The van der Waals surface area contributed by atoms with Crippen LogP contribution < -0.4 is 10.6 Å². The Bertz CT molecular complexity index is 1010. The number of alkyl halides is 3. The number of nitrogens with one attached hydrogen (secondary N) is 2. The number of carbonyl (C=O) groups is 1. The van der Waals surface area contributed by atoms with E-state index in [0.29, 0.717) is 19.3 Å². The molecule has 2 aromatic rings. The van der Waals surface area contributed by atoms with Gasteiger partial charge in [-0.15, -0.1) is 0 Å². The summed E-state index contributed by atoms with van der Waals surface area (Å²) < 4.78 is 51.4. The number of carbonyl (C=O) groups excluding carboxylic acids is 1. The van der Waals surface area contributed by atoms with Crippen LogP contribution in [0.1, 0.15) is 31.0 Å². The molecule has 0 saturated carbocycles. The van der Waals surface area contributed by atoms with Gasteiger partial charge in [0.2, 0.25) is 0 Å². The van der Waals surface area contributed by atoms with Crippen LogP contribution in [0.3, 0.4) is 0 Å². The van der Waals surface area contributed by atoms with E-state index in [1.165, 1.54) is 23.4 Å². The van der Waals surface area contributed by atoms with Crippen molar-refractivity contribution in [2.75, 3.05) is 43.5 Å². The second-order valence-electron chi connectivity index (χ2n) is 7.42. The van der Waals surface area contributed by atoms with Crippen LogP contribution in [0, 0.1) is 11.3 Å². The Morgan fingerprint density at radius 2 is 2.09 bits per heavy atom. The zero-order chi connectivity index (χ0) is 24.6. The Kier molecular flexibility index (Phi) is 8.42. The van der Waals surface area contributed by atoms with Gasteiger partial charge in [-0.3, -0.25) is 0 Å². The monoisotopic (exact) mass is 479 g/mol. The number of nitriles is 1. The largest absolute Gasteiger partial charge is 0.449 e. The third-order valence-electron chi connectivity index (χ3n) is 4.87. The summed E-state index contributed by atoms with van der Waals surface area (Å²) in [6.45, 7) is 3.13. The third kappa shape index (κ3) is 6.92. The average Bonchev–Trinajstić information content (AvgIpc) is 2.83. The van der Waals surface area contributed by atoms with Crippen LogP contribution in [0.4, 0.5) is 35.3 Å². The van der Waals surface area contributed by atoms with E-state index < -0.39 is 23.9 Å². The normalized spacial score (nSPS) is 16.0. The number of ether oxygens (including phenoxy) is 2. The molecule has 0 aromatic carbocycles. The molecule has 0 unspecified atom stereocenters. The van der Waals surface area contributed by atoms with Crippen molar-refractivity contribution >= 4 is 23.4 Å². The standard InChI is InChI=1S/C21H24F3N7O3/c1-2-3-5-34-20(32)31-4-6-33-15(13-31)10-27-17-7-18(29-11-16(17)21(22,23)24)30-19-12-26-14(8-25)9-28-19/h7,9,11-12,15H,2-6,10,13H2,1H3,(H2,27,28,29,30)/t15-/m0/s1. The van der Waals surface area contributed by atoms with E-state index in [1.54, 1.807) is 0 Å². The number of morpholine rings is 1. The van der Waals surface area contributed by atoms with Crippen molar-refractivity contribution in [2.24, 2.45) is 0 Å². The molecule has 13 heteroatoms. The van der Waals surface area contributed by atoms with E-state index in [0.717, 1.165) is 12.8 Å². The van der Waals surface area contributed by atoms with Gasteiger partial charge >= 0.3 is 12.3 Å². The van der Waals surface area contributed by atoms with Crippen molar-refractivity contribution in [1.29, 1.82) is 5.26 Å². The van der Waals surface area contributed by atoms with E-state index in [2.05, 4.69) is 25.6 Å². The van der Waals surface area contributed by atoms with Crippen molar-refractivity contribution in [3.05, 3.63) is 35.9 Å². The number of halogens is 3. The van der Waals surface area contributed by atoms with E-state index in [1.807, 2.05) is 13.0 Å². The van der Waals surface area contributed by atoms with Gasteiger partial charge in [-0.05, 0) is 6.42 Å². The average molecular weight is 479 g/mol. The predicted octanol–water partition coefficient (Wildman–Crippen LogP) is 3.56. The molecule has 2 aromatic heterocycles. The fraction of sp³-hybridized carbons (Fsp3) is 0.476. The van der Waals surface area contributed by atoms with Gasteiger partial charge in [-0.25, -0.2) is 19.7 Å². The third-order valence-corrected chi connectivity index (χ3v) is 4.87. The smallest absolute Gasteiger partial charge is 0.419 e. The number of anilines is 3. The molecule has 0 radical (unpaired) electrons. The van der Waals surface area contributed by atoms with Crippen molar-refractivity contribution < 1.29 is 27.4 Å². The quantitative estimate of drug-likeness (QED) is 0.547. The minimum atomic E-state index is -4.63. The minimum Gasteiger partial charge on any atom is -0.449 e. The maximum absolute atomic E-state index is 13.5. The molecular formula is C21H24F3N7O3. The maximum atomic E-state index is 13.5. The topological polar surface area (TPSA) is 125 Å². The molecular weight excluding hydrogens is 455 g/mol. The highest BCUT2D eigenvalue weighted by molar-refractivity contribution is 5.67. The van der Waals surface area contributed by atoms with Crippen LogP contribution in [0.5, 0.6) is 0 Å². The SMILES string of the molecule is CCCCOC(=O)N1CCO[C@@H](CNc2cc(Nc3cnc(C#N)cn3)ncc2C(F)(F)F)C1. The van der Waals surface area contributed by atoms with Crippen LogP contribution in [0.2, 0.25) is 0 Å². The highest BCUT2D eigenvalue weighted by Gasteiger charge is 2.35. The van der Waals surface area contributed by atoms with Crippen LogP contribution >= 0.6 is 0 Å². The van der Waals surface area contributed by atoms with Crippen molar-refractivity contribution in [2.45, 2.75) is 32.0 Å². The lowest BCUT2D eigenvalue weighted by molar-refractivity contribution is -0.137. The molecule has 1 atom stereocenters. The Labute approximate surface area is 194 Å². The van der Waals surface area contributed by atoms with Gasteiger partial charge < -0.3 is 25.0 Å². The molecule has 1 amide bonds. The van der Waals surface area contributed by atoms with E-state index in [9.17, 15) is 18.0 Å². The van der Waals surface area contributed by atoms with Crippen molar-refractivity contribution in [3.8, 4) is 6.07 Å². The summed E-state index contributed by atoms with van der Waals surface area (Å²) in [5.74, 6) is 0.310. The summed E-state index contributed by atoms with van der Waals surface area (Å²) in [5.41, 5.74) is -1.06. The van der Waals surface area contributed by atoms with Gasteiger partial charge in [-0.2, -0.15) is 18.4 Å². The van der Waals surface area contributed by atoms with Gasteiger partial charge in [0.25, 0.3) is 0 Å². The highest BCUT2D eigenvalue weighted by atomic mass is 19.4. The number of unbranched alkanes of at least 4 members (excludes halogenated alkanes) is 1. The first-order chi connectivity index (χ1) is 16.3. The van der Waals surface area contributed by atoms with E-state index in [4.69, 9.17) is 14.7 Å². The van der Waals surface area contributed by atoms with Crippen molar-refractivity contribution in [3.63, 3.8) is 0 Å². The number of hydrogen-bond donors (Lipinski definition) is 2. The molecule has 1 aliphatic heterocycles. The van der Waals surface area contributed by atoms with E-state index in [-0.39, 0.29) is 42.7 Å². The molecule has 0 aliphatic carbocycles. The molecule has 182 valence electrons. The number of hydrogen-bond acceptors (Lipinski definition) is 9. The second kappa shape index (κ2) is 11.5. The lowest BCUT2D eigenvalue weighted by Crippen LogP contribution is -2.48. The van der Waals surface area contributed by atoms with Crippen LogP contribution in [-0.2, 0) is 15.7 Å². The molecule has 3 rings (SSSR count). The Hall–Kier alpha value is -3.66. The van der Waals surface area contributed by atoms with Crippen LogP contribution in [0.15, 0.2) is 24.7 Å². The molecule has 0 bridgehead atoms. The summed E-state index contributed by atoms with van der Waals surface area (Å²) in [6.07, 6.45) is -0.760. The van der Waals surface area contributed by atoms with Gasteiger partial charge in [0, 0.05) is 25.4 Å². The first kappa shape index (κ1) is 25.0. The fourth-order valence-electron chi connectivity index (χ4n) is 3.10. The van der Waals surface area contributed by atoms with E-state index >= 15 is 0 Å². The number of nitrogens with zero attached hydrogens (tertiary/aromatic N) is 5. The number of rotatable bonds is 8. The second-order valence-corrected chi connectivity index (χ2v) is 7.42. The molecule has 34 heavy (non-hydrogen) atoms. The molecule has 3 heterocycles. The zero-order valence-corrected chi connectivity index (χ0v) is 18.4. The summed E-state index contributed by atoms with van der Waals surface area (Å²) in [4.78, 5) is 25.3. The van der Waals surface area contributed by atoms with Gasteiger partial charge in [0.1, 0.15) is 17.7 Å².